The summed E-state index contributed by atoms with van der Waals surface area (Å²) in [7, 11) is 1.57. The second-order valence-electron chi connectivity index (χ2n) is 6.69. The molecular weight excluding hydrogens is 402 g/mol. The van der Waals surface area contributed by atoms with Crippen LogP contribution in [-0.4, -0.2) is 50.6 Å². The number of alkyl halides is 2. The zero-order valence-corrected chi connectivity index (χ0v) is 16.7. The van der Waals surface area contributed by atoms with Crippen molar-refractivity contribution in [1.82, 2.24) is 29.9 Å². The molecule has 0 radical (unpaired) electrons. The van der Waals surface area contributed by atoms with Gasteiger partial charge >= 0.3 is 0 Å². The molecule has 152 valence electrons. The molecule has 2 N–H and O–H groups in total. The van der Waals surface area contributed by atoms with Crippen molar-refractivity contribution in [3.8, 4) is 17.0 Å². The number of methoxy groups -OCH3 is 1. The summed E-state index contributed by atoms with van der Waals surface area (Å²) < 4.78 is 31.8. The van der Waals surface area contributed by atoms with Crippen LogP contribution in [-0.2, 0) is 0 Å². The van der Waals surface area contributed by atoms with Crippen molar-refractivity contribution in [3.63, 3.8) is 0 Å². The molecule has 1 amide bonds. The predicted molar refractivity (Wildman–Crippen MR) is 105 cm³/mol. The van der Waals surface area contributed by atoms with Crippen LogP contribution in [0.4, 0.5) is 8.78 Å². The number of thiazole rings is 1. The van der Waals surface area contributed by atoms with Crippen LogP contribution in [0.1, 0.15) is 35.1 Å². The average Bonchev–Trinajstić information content (AvgIpc) is 3.37. The molecule has 0 aromatic carbocycles. The predicted octanol–water partition coefficient (Wildman–Crippen LogP) is 3.46. The van der Waals surface area contributed by atoms with Gasteiger partial charge in [-0.05, 0) is 12.0 Å². The molecule has 11 heteroatoms. The number of amides is 1. The molecule has 0 atom stereocenters. The zero-order valence-electron chi connectivity index (χ0n) is 15.9. The Kier molecular flexibility index (Phi) is 4.91. The number of nitrogens with zero attached hydrogens (tertiary/aromatic N) is 4. The summed E-state index contributed by atoms with van der Waals surface area (Å²) in [4.78, 5) is 24.7. The summed E-state index contributed by atoms with van der Waals surface area (Å²) in [5.74, 6) is 0.0600. The number of hydrogen-bond donors (Lipinski definition) is 2. The Hall–Kier alpha value is -3.08. The summed E-state index contributed by atoms with van der Waals surface area (Å²) in [5, 5.41) is 6.52. The number of hydrogen-bond acceptors (Lipinski definition) is 6. The van der Waals surface area contributed by atoms with Crippen LogP contribution < -0.4 is 10.1 Å². The number of H-pyrrole nitrogens is 1. The fraction of sp³-hybridized carbons (Fsp3) is 0.333. The lowest BCUT2D eigenvalue weighted by Crippen LogP contribution is -2.28. The fourth-order valence-electron chi connectivity index (χ4n) is 3.20. The van der Waals surface area contributed by atoms with Gasteiger partial charge in [0.05, 0.1) is 19.3 Å². The quantitative estimate of drug-likeness (QED) is 0.498. The van der Waals surface area contributed by atoms with Gasteiger partial charge in [0.1, 0.15) is 16.7 Å². The molecule has 0 bridgehead atoms. The van der Waals surface area contributed by atoms with Crippen LogP contribution >= 0.6 is 11.3 Å². The Balaban J connectivity index is 1.80. The van der Waals surface area contributed by atoms with Crippen molar-refractivity contribution in [2.45, 2.75) is 26.2 Å². The van der Waals surface area contributed by atoms with Crippen LogP contribution in [0.3, 0.4) is 0 Å². The van der Waals surface area contributed by atoms with Crippen LogP contribution in [0.5, 0.6) is 5.75 Å². The molecule has 4 aromatic heterocycles. The highest BCUT2D eigenvalue weighted by molar-refractivity contribution is 7.20. The van der Waals surface area contributed by atoms with Crippen molar-refractivity contribution in [1.29, 1.82) is 0 Å². The molecular formula is C18H18F2N6O2S. The largest absolute Gasteiger partial charge is 0.493 e. The smallest absolute Gasteiger partial charge is 0.280 e. The minimum atomic E-state index is -2.61. The number of aromatic nitrogens is 5. The van der Waals surface area contributed by atoms with Gasteiger partial charge in [-0.15, -0.1) is 0 Å². The Morgan fingerprint density at radius 3 is 2.90 bits per heavy atom. The lowest BCUT2D eigenvalue weighted by molar-refractivity contribution is 0.0891. The van der Waals surface area contributed by atoms with Gasteiger partial charge in [0.25, 0.3) is 12.3 Å². The van der Waals surface area contributed by atoms with Gasteiger partial charge in [-0.25, -0.2) is 23.3 Å². The fourth-order valence-corrected chi connectivity index (χ4v) is 4.10. The summed E-state index contributed by atoms with van der Waals surface area (Å²) in [5.41, 5.74) is 3.85. The normalized spacial score (nSPS) is 11.8. The van der Waals surface area contributed by atoms with Crippen molar-refractivity contribution in [3.05, 3.63) is 29.2 Å². The lowest BCUT2D eigenvalue weighted by atomic mass is 9.99. The van der Waals surface area contributed by atoms with E-state index in [1.54, 1.807) is 11.6 Å². The van der Waals surface area contributed by atoms with E-state index in [4.69, 9.17) is 4.74 Å². The Labute approximate surface area is 167 Å². The van der Waals surface area contributed by atoms with E-state index in [9.17, 15) is 13.6 Å². The monoisotopic (exact) mass is 420 g/mol. The number of aromatic amines is 1. The number of halogens is 2. The average molecular weight is 420 g/mol. The third-order valence-corrected chi connectivity index (χ3v) is 5.40. The van der Waals surface area contributed by atoms with Crippen molar-refractivity contribution in [2.75, 3.05) is 13.7 Å². The number of fused-ring (bicyclic) bond motifs is 2. The number of nitrogens with one attached hydrogen (secondary N) is 2. The summed E-state index contributed by atoms with van der Waals surface area (Å²) in [6, 6.07) is 1.86. The third-order valence-electron chi connectivity index (χ3n) is 4.43. The van der Waals surface area contributed by atoms with E-state index < -0.39 is 18.9 Å². The van der Waals surface area contributed by atoms with Crippen molar-refractivity contribution < 1.29 is 18.3 Å². The maximum absolute atomic E-state index is 12.4. The van der Waals surface area contributed by atoms with E-state index in [1.165, 1.54) is 6.33 Å². The Morgan fingerprint density at radius 2 is 2.21 bits per heavy atom. The van der Waals surface area contributed by atoms with Crippen molar-refractivity contribution in [2.24, 2.45) is 0 Å². The van der Waals surface area contributed by atoms with Gasteiger partial charge < -0.3 is 15.0 Å². The van der Waals surface area contributed by atoms with Crippen LogP contribution in [0.25, 0.3) is 27.3 Å². The molecule has 29 heavy (non-hydrogen) atoms. The van der Waals surface area contributed by atoms with Gasteiger partial charge in [-0.2, -0.15) is 5.10 Å². The van der Waals surface area contributed by atoms with Gasteiger partial charge in [0.2, 0.25) is 0 Å². The molecule has 0 aliphatic rings. The van der Waals surface area contributed by atoms with E-state index in [-0.39, 0.29) is 10.9 Å². The number of carbonyl (C=O) groups is 1. The van der Waals surface area contributed by atoms with E-state index in [0.717, 1.165) is 28.2 Å². The van der Waals surface area contributed by atoms with Gasteiger partial charge in [0, 0.05) is 17.3 Å². The number of carbonyl (C=O) groups excluding carboxylic acids is 1. The van der Waals surface area contributed by atoms with Crippen LogP contribution in [0.2, 0.25) is 0 Å². The molecule has 0 saturated carbocycles. The number of rotatable bonds is 6. The molecule has 4 rings (SSSR count). The van der Waals surface area contributed by atoms with E-state index in [2.05, 4.69) is 25.4 Å². The van der Waals surface area contributed by atoms with Crippen LogP contribution in [0.15, 0.2) is 18.6 Å². The third kappa shape index (κ3) is 3.41. The van der Waals surface area contributed by atoms with E-state index in [0.29, 0.717) is 21.7 Å². The first kappa shape index (κ1) is 19.2. The first-order valence-corrected chi connectivity index (χ1v) is 9.67. The number of pyridine rings is 1. The summed E-state index contributed by atoms with van der Waals surface area (Å²) in [6.07, 6.45) is 0.676. The molecule has 0 aliphatic carbocycles. The maximum atomic E-state index is 12.4. The SMILES string of the molecule is COc1cc(-c2[nH]c3sc(C(=O)NCC(F)F)nc3c2C(C)C)cn2ncnc12. The highest BCUT2D eigenvalue weighted by Gasteiger charge is 2.23. The minimum absolute atomic E-state index is 0.0928. The lowest BCUT2D eigenvalue weighted by Gasteiger charge is -2.10. The summed E-state index contributed by atoms with van der Waals surface area (Å²) in [6.45, 7) is 3.34. The molecule has 0 aliphatic heterocycles. The standard InChI is InChI=1S/C18H18F2N6O2S/c1-8(2)12-13(9-4-10(28-3)15-22-7-23-26(15)6-9)24-17-14(12)25-18(29-17)16(27)21-5-11(19)20/h4,6-8,11,24H,5H2,1-3H3,(H,21,27). The molecule has 0 fully saturated rings. The van der Waals surface area contributed by atoms with Crippen LogP contribution in [0, 0.1) is 0 Å². The second-order valence-corrected chi connectivity index (χ2v) is 7.69. The second kappa shape index (κ2) is 7.39. The zero-order chi connectivity index (χ0) is 20.7. The summed E-state index contributed by atoms with van der Waals surface area (Å²) >= 11 is 1.13. The molecule has 0 spiro atoms. The highest BCUT2D eigenvalue weighted by atomic mass is 32.1. The molecule has 8 nitrogen and oxygen atoms in total. The highest BCUT2D eigenvalue weighted by Crippen LogP contribution is 2.38. The molecule has 4 aromatic rings. The number of ether oxygens (including phenoxy) is 1. The van der Waals surface area contributed by atoms with E-state index in [1.807, 2.05) is 26.1 Å². The van der Waals surface area contributed by atoms with Gasteiger partial charge in [0.15, 0.2) is 16.4 Å². The Bertz CT molecular complexity index is 1200. The van der Waals surface area contributed by atoms with Crippen molar-refractivity contribution >= 4 is 33.2 Å². The van der Waals surface area contributed by atoms with E-state index >= 15 is 0 Å². The minimum Gasteiger partial charge on any atom is -0.493 e. The van der Waals surface area contributed by atoms with Gasteiger partial charge in [-0.1, -0.05) is 25.2 Å². The maximum Gasteiger partial charge on any atom is 0.280 e. The Morgan fingerprint density at radius 1 is 1.41 bits per heavy atom. The topological polar surface area (TPSA) is 97.2 Å². The van der Waals surface area contributed by atoms with Gasteiger partial charge in [-0.3, -0.25) is 4.79 Å². The first-order valence-electron chi connectivity index (χ1n) is 8.85. The first-order chi connectivity index (χ1) is 13.9. The molecule has 0 saturated heterocycles. The molecule has 4 heterocycles. The molecule has 0 unspecified atom stereocenters.